The van der Waals surface area contributed by atoms with Gasteiger partial charge in [-0.1, -0.05) is 36.4 Å². The van der Waals surface area contributed by atoms with Crippen molar-refractivity contribution in [1.82, 2.24) is 15.2 Å². The van der Waals surface area contributed by atoms with Crippen molar-refractivity contribution < 1.29 is 4.79 Å². The second-order valence-corrected chi connectivity index (χ2v) is 7.40. The Kier molecular flexibility index (Phi) is 5.34. The maximum absolute atomic E-state index is 12.5. The number of fused-ring (bicyclic) bond motifs is 1. The lowest BCUT2D eigenvalue weighted by Crippen LogP contribution is -2.42. The molecule has 28 heavy (non-hydrogen) atoms. The lowest BCUT2D eigenvalue weighted by Gasteiger charge is -2.28. The highest BCUT2D eigenvalue weighted by molar-refractivity contribution is 7.13. The van der Waals surface area contributed by atoms with Gasteiger partial charge >= 0.3 is 0 Å². The average molecular weight is 390 g/mol. The van der Waals surface area contributed by atoms with E-state index >= 15 is 0 Å². The predicted molar refractivity (Wildman–Crippen MR) is 112 cm³/mol. The molecule has 1 aliphatic heterocycles. The van der Waals surface area contributed by atoms with Gasteiger partial charge in [-0.2, -0.15) is 0 Å². The third kappa shape index (κ3) is 4.04. The van der Waals surface area contributed by atoms with Crippen molar-refractivity contribution in [1.29, 1.82) is 0 Å². The molecule has 6 nitrogen and oxygen atoms in total. The van der Waals surface area contributed by atoms with E-state index in [1.54, 1.807) is 6.07 Å². The van der Waals surface area contributed by atoms with E-state index in [1.807, 2.05) is 55.6 Å². The van der Waals surface area contributed by atoms with E-state index in [1.165, 1.54) is 11.3 Å². The van der Waals surface area contributed by atoms with Crippen LogP contribution >= 0.6 is 11.3 Å². The lowest BCUT2D eigenvalue weighted by atomic mass is 10.2. The van der Waals surface area contributed by atoms with Crippen LogP contribution in [0.3, 0.4) is 0 Å². The van der Waals surface area contributed by atoms with E-state index in [9.17, 15) is 4.79 Å². The Balaban J connectivity index is 1.50. The number of amides is 1. The molecule has 0 unspecified atom stereocenters. The first-order valence-corrected chi connectivity index (χ1v) is 9.87. The van der Waals surface area contributed by atoms with Crippen molar-refractivity contribution in [3.05, 3.63) is 76.2 Å². The quantitative estimate of drug-likeness (QED) is 0.531. The van der Waals surface area contributed by atoms with E-state index in [0.29, 0.717) is 17.2 Å². The molecule has 1 aromatic heterocycles. The Morgan fingerprint density at radius 2 is 2.04 bits per heavy atom. The summed E-state index contributed by atoms with van der Waals surface area (Å²) >= 11 is 1.44. The molecule has 2 heterocycles. The van der Waals surface area contributed by atoms with Crippen LogP contribution in [0.4, 0.5) is 11.4 Å². The summed E-state index contributed by atoms with van der Waals surface area (Å²) in [5.41, 5.74) is 2.55. The van der Waals surface area contributed by atoms with E-state index in [2.05, 4.69) is 26.6 Å². The third-order valence-corrected chi connectivity index (χ3v) is 5.48. The first-order valence-electron chi connectivity index (χ1n) is 9.06. The highest BCUT2D eigenvalue weighted by Crippen LogP contribution is 2.26. The molecule has 0 saturated heterocycles. The molecule has 0 atom stereocenters. The number of hydrogen-bond donors (Lipinski definition) is 2. The molecule has 7 heteroatoms. The van der Waals surface area contributed by atoms with Gasteiger partial charge in [0.1, 0.15) is 0 Å². The molecule has 2 N–H and O–H groups in total. The van der Waals surface area contributed by atoms with Crippen LogP contribution in [0.2, 0.25) is 0 Å². The molecule has 0 saturated carbocycles. The summed E-state index contributed by atoms with van der Waals surface area (Å²) < 4.78 is 0. The van der Waals surface area contributed by atoms with Crippen molar-refractivity contribution in [2.45, 2.75) is 13.0 Å². The zero-order valence-electron chi connectivity index (χ0n) is 15.5. The van der Waals surface area contributed by atoms with Gasteiger partial charge in [-0.05, 0) is 18.2 Å². The van der Waals surface area contributed by atoms with E-state index < -0.39 is 0 Å². The molecule has 1 aliphatic rings. The Labute approximate surface area is 168 Å². The molecule has 0 aliphatic carbocycles. The largest absolute Gasteiger partial charge is 0.359 e. The van der Waals surface area contributed by atoms with Crippen LogP contribution in [0.5, 0.6) is 0 Å². The highest BCUT2D eigenvalue weighted by atomic mass is 32.1. The summed E-state index contributed by atoms with van der Waals surface area (Å²) in [6.07, 6.45) is 0.784. The number of guanidine groups is 1. The van der Waals surface area contributed by atoms with E-state index in [0.717, 1.165) is 35.2 Å². The van der Waals surface area contributed by atoms with Crippen molar-refractivity contribution in [3.63, 3.8) is 0 Å². The first-order chi connectivity index (χ1) is 13.7. The Bertz CT molecular complexity index is 985. The SMILES string of the molecule is CNC(=Nc1ccccc1)N1CCc2nc(C(=O)Nc3[c]cccc3)sc2C1. The maximum atomic E-state index is 12.5. The molecule has 0 fully saturated rings. The second-order valence-electron chi connectivity index (χ2n) is 6.31. The minimum atomic E-state index is -0.194. The molecule has 2 aromatic carbocycles. The lowest BCUT2D eigenvalue weighted by molar-refractivity contribution is 0.102. The molecular formula is C21H20N5OS. The number of aliphatic imine (C=N–C) groups is 1. The smallest absolute Gasteiger partial charge is 0.284 e. The molecule has 0 bridgehead atoms. The number of hydrogen-bond acceptors (Lipinski definition) is 4. The fraction of sp³-hybridized carbons (Fsp3) is 0.190. The van der Waals surface area contributed by atoms with Crippen molar-refractivity contribution in [3.8, 4) is 0 Å². The fourth-order valence-electron chi connectivity index (χ4n) is 3.03. The molecule has 3 aromatic rings. The Morgan fingerprint density at radius 1 is 1.21 bits per heavy atom. The fourth-order valence-corrected chi connectivity index (χ4v) is 4.05. The minimum absolute atomic E-state index is 0.194. The number of thiazole rings is 1. The number of rotatable bonds is 3. The number of carbonyl (C=O) groups is 1. The van der Waals surface area contributed by atoms with Gasteiger partial charge in [0.05, 0.1) is 17.9 Å². The Morgan fingerprint density at radius 3 is 2.79 bits per heavy atom. The molecule has 4 rings (SSSR count). The molecule has 141 valence electrons. The second kappa shape index (κ2) is 8.22. The number of nitrogens with one attached hydrogen (secondary N) is 2. The monoisotopic (exact) mass is 390 g/mol. The van der Waals surface area contributed by atoms with E-state index in [-0.39, 0.29) is 5.91 Å². The minimum Gasteiger partial charge on any atom is -0.359 e. The van der Waals surface area contributed by atoms with Gasteiger partial charge in [0.15, 0.2) is 11.0 Å². The molecule has 1 radical (unpaired) electrons. The van der Waals surface area contributed by atoms with Gasteiger partial charge in [0.25, 0.3) is 5.91 Å². The van der Waals surface area contributed by atoms with E-state index in [4.69, 9.17) is 4.99 Å². The molecule has 0 spiro atoms. The number of benzene rings is 2. The maximum Gasteiger partial charge on any atom is 0.284 e. The summed E-state index contributed by atoms with van der Waals surface area (Å²) in [7, 11) is 1.87. The predicted octanol–water partition coefficient (Wildman–Crippen LogP) is 3.46. The van der Waals surface area contributed by atoms with Gasteiger partial charge in [-0.25, -0.2) is 9.98 Å². The molecule has 1 amide bonds. The number of para-hydroxylation sites is 2. The van der Waals surface area contributed by atoms with Crippen LogP contribution in [0.1, 0.15) is 20.4 Å². The van der Waals surface area contributed by atoms with Gasteiger partial charge in [-0.15, -0.1) is 11.3 Å². The number of carbonyl (C=O) groups excluding carboxylic acids is 1. The summed E-state index contributed by atoms with van der Waals surface area (Å²) in [4.78, 5) is 25.1. The topological polar surface area (TPSA) is 69.6 Å². The third-order valence-electron chi connectivity index (χ3n) is 4.40. The number of aromatic nitrogens is 1. The van der Waals surface area contributed by atoms with Crippen LogP contribution < -0.4 is 10.6 Å². The van der Waals surface area contributed by atoms with Gasteiger partial charge < -0.3 is 15.5 Å². The molecular weight excluding hydrogens is 370 g/mol. The van der Waals surface area contributed by atoms with Crippen LogP contribution in [-0.2, 0) is 13.0 Å². The summed E-state index contributed by atoms with van der Waals surface area (Å²) in [6, 6.07) is 20.2. The van der Waals surface area contributed by atoms with Gasteiger partial charge in [-0.3, -0.25) is 4.79 Å². The summed E-state index contributed by atoms with van der Waals surface area (Å²) in [6.45, 7) is 1.49. The summed E-state index contributed by atoms with van der Waals surface area (Å²) in [5.74, 6) is 0.621. The normalized spacial score (nSPS) is 13.8. The number of anilines is 1. The standard InChI is InChI=1S/C21H20N5OS/c1-22-21(24-16-10-6-3-7-11-16)26-13-12-17-18(14-26)28-20(25-17)19(27)23-15-8-4-2-5-9-15/h2-8,10-11H,12-14H2,1H3,(H,22,24)(H,23,27). The van der Waals surface area contributed by atoms with Crippen LogP contribution in [0.25, 0.3) is 0 Å². The average Bonchev–Trinajstić information content (AvgIpc) is 3.17. The number of nitrogens with zero attached hydrogens (tertiary/aromatic N) is 3. The highest BCUT2D eigenvalue weighted by Gasteiger charge is 2.24. The zero-order valence-corrected chi connectivity index (χ0v) is 16.3. The first kappa shape index (κ1) is 18.2. The Hall–Kier alpha value is -3.19. The summed E-state index contributed by atoms with van der Waals surface area (Å²) in [5, 5.41) is 6.52. The van der Waals surface area contributed by atoms with Gasteiger partial charge in [0, 0.05) is 36.6 Å². The van der Waals surface area contributed by atoms with Crippen LogP contribution in [-0.4, -0.2) is 35.3 Å². The van der Waals surface area contributed by atoms with Crippen LogP contribution in [0.15, 0.2) is 59.6 Å². The van der Waals surface area contributed by atoms with Crippen LogP contribution in [0, 0.1) is 6.07 Å². The van der Waals surface area contributed by atoms with Crippen molar-refractivity contribution >= 4 is 34.6 Å². The van der Waals surface area contributed by atoms with Gasteiger partial charge in [0.2, 0.25) is 0 Å². The van der Waals surface area contributed by atoms with Crippen molar-refractivity contribution in [2.24, 2.45) is 4.99 Å². The van der Waals surface area contributed by atoms with Crippen molar-refractivity contribution in [2.75, 3.05) is 18.9 Å². The zero-order chi connectivity index (χ0) is 19.3.